The van der Waals surface area contributed by atoms with Gasteiger partial charge in [-0.05, 0) is 92.2 Å². The molecule has 0 N–H and O–H groups in total. The average molecular weight is 402 g/mol. The molecule has 1 aliphatic rings. The molecule has 0 saturated carbocycles. The van der Waals surface area contributed by atoms with Gasteiger partial charge in [-0.2, -0.15) is 0 Å². The fourth-order valence-electron chi connectivity index (χ4n) is 4.67. The van der Waals surface area contributed by atoms with Crippen LogP contribution in [0.3, 0.4) is 0 Å². The molecule has 1 heterocycles. The first-order chi connectivity index (χ1) is 13.8. The minimum Gasteiger partial charge on any atom is -0.466 e. The van der Waals surface area contributed by atoms with Gasteiger partial charge in [-0.3, -0.25) is 9.59 Å². The molecule has 1 aromatic carbocycles. The maximum absolute atomic E-state index is 13.1. The lowest BCUT2D eigenvalue weighted by Gasteiger charge is -2.29. The molecule has 0 radical (unpaired) electrons. The zero-order valence-electron chi connectivity index (χ0n) is 19.3. The lowest BCUT2D eigenvalue weighted by Crippen LogP contribution is -2.37. The molecule has 4 nitrogen and oxygen atoms in total. The van der Waals surface area contributed by atoms with E-state index in [4.69, 9.17) is 4.74 Å². The van der Waals surface area contributed by atoms with Crippen molar-refractivity contribution in [3.8, 4) is 0 Å². The van der Waals surface area contributed by atoms with Crippen LogP contribution in [-0.4, -0.2) is 36.5 Å². The van der Waals surface area contributed by atoms with E-state index in [0.717, 1.165) is 49.9 Å². The number of carbonyl (C=O) groups is 2. The molecule has 29 heavy (non-hydrogen) atoms. The smallest absolute Gasteiger partial charge is 0.310 e. The number of piperidine rings is 1. The Bertz CT molecular complexity index is 730. The number of rotatable bonds is 8. The van der Waals surface area contributed by atoms with Crippen molar-refractivity contribution < 1.29 is 14.3 Å². The molecular formula is C25H39NO3. The molecule has 0 bridgehead atoms. The maximum atomic E-state index is 13.1. The van der Waals surface area contributed by atoms with Crippen molar-refractivity contribution in [2.75, 3.05) is 19.7 Å². The van der Waals surface area contributed by atoms with E-state index in [1.54, 1.807) is 0 Å². The Kier molecular flexibility index (Phi) is 8.73. The van der Waals surface area contributed by atoms with Gasteiger partial charge in [-0.15, -0.1) is 0 Å². The summed E-state index contributed by atoms with van der Waals surface area (Å²) in [6.45, 7) is 14.8. The van der Waals surface area contributed by atoms with E-state index in [1.807, 2.05) is 11.8 Å². The van der Waals surface area contributed by atoms with Gasteiger partial charge in [0.15, 0.2) is 0 Å². The van der Waals surface area contributed by atoms with Crippen molar-refractivity contribution >= 4 is 11.9 Å². The van der Waals surface area contributed by atoms with Crippen LogP contribution in [-0.2, 0) is 40.0 Å². The molecular weight excluding hydrogens is 362 g/mol. The molecule has 2 rings (SSSR count). The maximum Gasteiger partial charge on any atom is 0.310 e. The summed E-state index contributed by atoms with van der Waals surface area (Å²) >= 11 is 0. The van der Waals surface area contributed by atoms with E-state index >= 15 is 0 Å². The number of benzene rings is 1. The summed E-state index contributed by atoms with van der Waals surface area (Å²) in [6, 6.07) is 0. The van der Waals surface area contributed by atoms with Gasteiger partial charge in [0.25, 0.3) is 0 Å². The molecule has 0 unspecified atom stereocenters. The standard InChI is InChI=1S/C25H39NO3/c1-7-20-18(5)23(16-25(28)29-8-2)22(19(6)21(20)14-17(3)4)15-24(27)26-12-10-9-11-13-26/h17H,7-16H2,1-6H3. The quantitative estimate of drug-likeness (QED) is 0.592. The van der Waals surface area contributed by atoms with Gasteiger partial charge < -0.3 is 9.64 Å². The second kappa shape index (κ2) is 10.8. The van der Waals surface area contributed by atoms with Crippen LogP contribution >= 0.6 is 0 Å². The molecule has 1 saturated heterocycles. The first-order valence-electron chi connectivity index (χ1n) is 11.4. The molecule has 162 valence electrons. The second-order valence-electron chi connectivity index (χ2n) is 8.72. The molecule has 0 spiro atoms. The van der Waals surface area contributed by atoms with E-state index in [9.17, 15) is 9.59 Å². The van der Waals surface area contributed by atoms with Crippen molar-refractivity contribution in [1.29, 1.82) is 0 Å². The Hall–Kier alpha value is -1.84. The van der Waals surface area contributed by atoms with Gasteiger partial charge in [-0.1, -0.05) is 20.8 Å². The lowest BCUT2D eigenvalue weighted by atomic mass is 9.81. The van der Waals surface area contributed by atoms with Crippen LogP contribution < -0.4 is 0 Å². The van der Waals surface area contributed by atoms with Gasteiger partial charge in [0, 0.05) is 13.1 Å². The van der Waals surface area contributed by atoms with Crippen molar-refractivity contribution in [3.05, 3.63) is 33.4 Å². The molecule has 0 aromatic heterocycles. The zero-order valence-corrected chi connectivity index (χ0v) is 19.3. The van der Waals surface area contributed by atoms with Gasteiger partial charge in [0.05, 0.1) is 19.4 Å². The normalized spacial score (nSPS) is 14.4. The summed E-state index contributed by atoms with van der Waals surface area (Å²) in [5, 5.41) is 0. The topological polar surface area (TPSA) is 46.6 Å². The van der Waals surface area contributed by atoms with Crippen LogP contribution in [0.15, 0.2) is 0 Å². The van der Waals surface area contributed by atoms with Gasteiger partial charge >= 0.3 is 5.97 Å². The molecule has 0 atom stereocenters. The molecule has 4 heteroatoms. The summed E-state index contributed by atoms with van der Waals surface area (Å²) < 4.78 is 5.25. The number of likely N-dealkylation sites (tertiary alicyclic amines) is 1. The number of hydrogen-bond donors (Lipinski definition) is 0. The van der Waals surface area contributed by atoms with E-state index in [2.05, 4.69) is 34.6 Å². The van der Waals surface area contributed by atoms with E-state index in [-0.39, 0.29) is 18.3 Å². The molecule has 1 amide bonds. The Balaban J connectivity index is 2.51. The highest BCUT2D eigenvalue weighted by molar-refractivity contribution is 5.82. The van der Waals surface area contributed by atoms with Gasteiger partial charge in [-0.25, -0.2) is 0 Å². The third kappa shape index (κ3) is 5.83. The molecule has 0 aliphatic carbocycles. The highest BCUT2D eigenvalue weighted by Gasteiger charge is 2.25. The highest BCUT2D eigenvalue weighted by Crippen LogP contribution is 2.31. The SMILES string of the molecule is CCOC(=O)Cc1c(C)c(CC)c(CC(C)C)c(C)c1CC(=O)N1CCCCC1. The summed E-state index contributed by atoms with van der Waals surface area (Å²) in [4.78, 5) is 27.5. The first kappa shape index (κ1) is 23.4. The second-order valence-corrected chi connectivity index (χ2v) is 8.72. The van der Waals surface area contributed by atoms with E-state index in [0.29, 0.717) is 18.9 Å². The number of esters is 1. The Morgan fingerprint density at radius 2 is 1.48 bits per heavy atom. The fourth-order valence-corrected chi connectivity index (χ4v) is 4.67. The Morgan fingerprint density at radius 3 is 2.03 bits per heavy atom. The highest BCUT2D eigenvalue weighted by atomic mass is 16.5. The third-order valence-corrected chi connectivity index (χ3v) is 6.17. The van der Waals surface area contributed by atoms with Gasteiger partial charge in [0.2, 0.25) is 5.91 Å². The van der Waals surface area contributed by atoms with Gasteiger partial charge in [0.1, 0.15) is 0 Å². The molecule has 1 aromatic rings. The number of carbonyl (C=O) groups excluding carboxylic acids is 2. The van der Waals surface area contributed by atoms with Crippen LogP contribution in [0, 0.1) is 19.8 Å². The third-order valence-electron chi connectivity index (χ3n) is 6.17. The van der Waals surface area contributed by atoms with E-state index in [1.165, 1.54) is 28.7 Å². The van der Waals surface area contributed by atoms with Crippen LogP contribution in [0.25, 0.3) is 0 Å². The molecule has 1 fully saturated rings. The van der Waals surface area contributed by atoms with Crippen molar-refractivity contribution in [2.24, 2.45) is 5.92 Å². The van der Waals surface area contributed by atoms with Crippen LogP contribution in [0.2, 0.25) is 0 Å². The summed E-state index contributed by atoms with van der Waals surface area (Å²) in [6.07, 6.45) is 5.96. The minimum absolute atomic E-state index is 0.192. The Labute approximate surface area is 177 Å². The van der Waals surface area contributed by atoms with Crippen molar-refractivity contribution in [3.63, 3.8) is 0 Å². The van der Waals surface area contributed by atoms with Crippen molar-refractivity contribution in [2.45, 2.75) is 86.5 Å². The largest absolute Gasteiger partial charge is 0.466 e. The summed E-state index contributed by atoms with van der Waals surface area (Å²) in [5.74, 6) is 0.525. The monoisotopic (exact) mass is 401 g/mol. The number of amides is 1. The predicted octanol–water partition coefficient (Wildman–Crippen LogP) is 4.72. The predicted molar refractivity (Wildman–Crippen MR) is 118 cm³/mol. The van der Waals surface area contributed by atoms with Crippen LogP contribution in [0.1, 0.15) is 80.3 Å². The van der Waals surface area contributed by atoms with Crippen LogP contribution in [0.4, 0.5) is 0 Å². The first-order valence-corrected chi connectivity index (χ1v) is 11.4. The van der Waals surface area contributed by atoms with Crippen molar-refractivity contribution in [1.82, 2.24) is 4.90 Å². The lowest BCUT2D eigenvalue weighted by molar-refractivity contribution is -0.142. The van der Waals surface area contributed by atoms with Crippen LogP contribution in [0.5, 0.6) is 0 Å². The zero-order chi connectivity index (χ0) is 21.6. The fraction of sp³-hybridized carbons (Fsp3) is 0.680. The summed E-state index contributed by atoms with van der Waals surface area (Å²) in [7, 11) is 0. The van der Waals surface area contributed by atoms with E-state index < -0.39 is 0 Å². The number of hydrogen-bond acceptors (Lipinski definition) is 3. The number of ether oxygens (including phenoxy) is 1. The minimum atomic E-state index is -0.208. The Morgan fingerprint density at radius 1 is 0.897 bits per heavy atom. The summed E-state index contributed by atoms with van der Waals surface area (Å²) in [5.41, 5.74) is 7.14. The average Bonchev–Trinajstić information content (AvgIpc) is 2.69. The molecule has 1 aliphatic heterocycles. The number of nitrogens with zero attached hydrogens (tertiary/aromatic N) is 1.